The fourth-order valence-corrected chi connectivity index (χ4v) is 3.56. The molecule has 28 heavy (non-hydrogen) atoms. The third kappa shape index (κ3) is 4.93. The Bertz CT molecular complexity index is 884. The van der Waals surface area contributed by atoms with E-state index < -0.39 is 0 Å². The summed E-state index contributed by atoms with van der Waals surface area (Å²) in [4.78, 5) is 2.36. The van der Waals surface area contributed by atoms with Gasteiger partial charge >= 0.3 is 0 Å². The minimum absolute atomic E-state index is 0.0312. The summed E-state index contributed by atoms with van der Waals surface area (Å²) in [6.45, 7) is 3.81. The normalized spacial score (nSPS) is 17.5. The number of ether oxygens (including phenoxy) is 2. The molecule has 1 aliphatic rings. The molecule has 1 fully saturated rings. The van der Waals surface area contributed by atoms with E-state index in [1.54, 1.807) is 0 Å². The van der Waals surface area contributed by atoms with Crippen LogP contribution >= 0.6 is 11.6 Å². The average molecular weight is 398 g/mol. The number of aromatic amines is 1. The third-order valence-electron chi connectivity index (χ3n) is 4.87. The molecular weight excluding hydrogens is 374 g/mol. The third-order valence-corrected chi connectivity index (χ3v) is 5.24. The maximum Gasteiger partial charge on any atom is 0.119 e. The average Bonchev–Trinajstić information content (AvgIpc) is 3.20. The van der Waals surface area contributed by atoms with Crippen molar-refractivity contribution in [3.8, 4) is 5.75 Å². The Hall–Kier alpha value is -2.34. The monoisotopic (exact) mass is 397 g/mol. The molecule has 1 saturated heterocycles. The second-order valence-corrected chi connectivity index (χ2v) is 7.32. The summed E-state index contributed by atoms with van der Waals surface area (Å²) < 4.78 is 11.7. The summed E-state index contributed by atoms with van der Waals surface area (Å²) in [6, 6.07) is 19.9. The molecule has 0 aliphatic carbocycles. The first-order valence-electron chi connectivity index (χ1n) is 9.57. The summed E-state index contributed by atoms with van der Waals surface area (Å²) in [5.74, 6) is 0.882. The Balaban J connectivity index is 1.31. The second-order valence-electron chi connectivity index (χ2n) is 6.92. The second kappa shape index (κ2) is 9.24. The van der Waals surface area contributed by atoms with Crippen LogP contribution in [-0.4, -0.2) is 41.4 Å². The highest BCUT2D eigenvalue weighted by molar-refractivity contribution is 6.31. The van der Waals surface area contributed by atoms with Crippen molar-refractivity contribution < 1.29 is 9.47 Å². The van der Waals surface area contributed by atoms with Gasteiger partial charge < -0.3 is 9.47 Å². The first-order valence-corrected chi connectivity index (χ1v) is 9.95. The van der Waals surface area contributed by atoms with Crippen LogP contribution in [0.25, 0.3) is 0 Å². The lowest BCUT2D eigenvalue weighted by Gasteiger charge is -2.32. The van der Waals surface area contributed by atoms with Crippen molar-refractivity contribution in [2.45, 2.75) is 19.1 Å². The molecule has 146 valence electrons. The van der Waals surface area contributed by atoms with Gasteiger partial charge in [0.25, 0.3) is 0 Å². The molecule has 6 heteroatoms. The molecule has 1 atom stereocenters. The van der Waals surface area contributed by atoms with Gasteiger partial charge in [-0.05, 0) is 29.8 Å². The van der Waals surface area contributed by atoms with Crippen molar-refractivity contribution in [2.24, 2.45) is 0 Å². The Labute approximate surface area is 170 Å². The molecule has 0 spiro atoms. The van der Waals surface area contributed by atoms with Crippen molar-refractivity contribution in [1.29, 1.82) is 0 Å². The van der Waals surface area contributed by atoms with Crippen molar-refractivity contribution in [3.63, 3.8) is 0 Å². The molecule has 3 aromatic rings. The van der Waals surface area contributed by atoms with Gasteiger partial charge in [-0.1, -0.05) is 48.0 Å². The number of nitrogens with zero attached hydrogens (tertiary/aromatic N) is 2. The first kappa shape index (κ1) is 19.0. The van der Waals surface area contributed by atoms with Crippen molar-refractivity contribution >= 4 is 11.6 Å². The van der Waals surface area contributed by atoms with E-state index >= 15 is 0 Å². The van der Waals surface area contributed by atoms with Gasteiger partial charge in [0, 0.05) is 36.8 Å². The van der Waals surface area contributed by atoms with Gasteiger partial charge in [-0.3, -0.25) is 10.00 Å². The number of rotatable bonds is 7. The number of para-hydroxylation sites is 1. The number of aromatic nitrogens is 2. The van der Waals surface area contributed by atoms with Crippen LogP contribution < -0.4 is 4.74 Å². The Kier molecular flexibility index (Phi) is 6.27. The van der Waals surface area contributed by atoms with Crippen LogP contribution in [0.1, 0.15) is 23.1 Å². The lowest BCUT2D eigenvalue weighted by atomic mass is 10.1. The standard InChI is InChI=1S/C22H24ClN3O2/c23-20-9-5-4-6-17(20)15-26-11-13-28-22(16-26)21-14-18(24-25-21)10-12-27-19-7-2-1-3-8-19/h1-9,14,22H,10-13,15-16H2,(H,24,25). The number of benzene rings is 2. The number of H-pyrrole nitrogens is 1. The summed E-state index contributed by atoms with van der Waals surface area (Å²) in [7, 11) is 0. The molecule has 0 amide bonds. The summed E-state index contributed by atoms with van der Waals surface area (Å²) in [5.41, 5.74) is 3.14. The minimum atomic E-state index is -0.0312. The molecule has 1 N–H and O–H groups in total. The van der Waals surface area contributed by atoms with Crippen LogP contribution in [0.3, 0.4) is 0 Å². The predicted molar refractivity (Wildman–Crippen MR) is 110 cm³/mol. The summed E-state index contributed by atoms with van der Waals surface area (Å²) in [6.07, 6.45) is 0.745. The van der Waals surface area contributed by atoms with E-state index in [4.69, 9.17) is 21.1 Å². The largest absolute Gasteiger partial charge is 0.493 e. The van der Waals surface area contributed by atoms with E-state index in [1.165, 1.54) is 0 Å². The van der Waals surface area contributed by atoms with Gasteiger partial charge in [-0.15, -0.1) is 0 Å². The highest BCUT2D eigenvalue weighted by atomic mass is 35.5. The van der Waals surface area contributed by atoms with Gasteiger partial charge in [0.15, 0.2) is 0 Å². The van der Waals surface area contributed by atoms with Gasteiger partial charge in [-0.25, -0.2) is 0 Å². The fourth-order valence-electron chi connectivity index (χ4n) is 3.36. The molecule has 0 saturated carbocycles. The zero-order valence-corrected chi connectivity index (χ0v) is 16.4. The smallest absolute Gasteiger partial charge is 0.119 e. The zero-order valence-electron chi connectivity index (χ0n) is 15.7. The Morgan fingerprint density at radius 1 is 1.14 bits per heavy atom. The molecule has 4 rings (SSSR count). The van der Waals surface area contributed by atoms with Crippen LogP contribution in [0.2, 0.25) is 5.02 Å². The molecule has 2 aromatic carbocycles. The molecule has 0 bridgehead atoms. The molecule has 0 radical (unpaired) electrons. The lowest BCUT2D eigenvalue weighted by Crippen LogP contribution is -2.38. The zero-order chi connectivity index (χ0) is 19.2. The molecule has 1 aromatic heterocycles. The van der Waals surface area contributed by atoms with Gasteiger partial charge in [0.2, 0.25) is 0 Å². The molecule has 1 unspecified atom stereocenters. The van der Waals surface area contributed by atoms with Crippen LogP contribution in [0, 0.1) is 0 Å². The number of nitrogens with one attached hydrogen (secondary N) is 1. The van der Waals surface area contributed by atoms with Gasteiger partial charge in [0.1, 0.15) is 11.9 Å². The molecule has 1 aliphatic heterocycles. The van der Waals surface area contributed by atoms with E-state index in [0.29, 0.717) is 13.2 Å². The topological polar surface area (TPSA) is 50.4 Å². The van der Waals surface area contributed by atoms with E-state index in [9.17, 15) is 0 Å². The Morgan fingerprint density at radius 3 is 2.82 bits per heavy atom. The van der Waals surface area contributed by atoms with Gasteiger partial charge in [-0.2, -0.15) is 5.10 Å². The first-order chi connectivity index (χ1) is 13.8. The van der Waals surface area contributed by atoms with E-state index in [1.807, 2.05) is 48.5 Å². The van der Waals surface area contributed by atoms with E-state index in [2.05, 4.69) is 27.2 Å². The summed E-state index contributed by atoms with van der Waals surface area (Å²) >= 11 is 6.31. The SMILES string of the molecule is Clc1ccccc1CN1CCOC(c2cc(CCOc3ccccc3)[nH]n2)C1. The maximum absolute atomic E-state index is 6.31. The summed E-state index contributed by atoms with van der Waals surface area (Å²) in [5, 5.41) is 8.39. The number of hydrogen-bond donors (Lipinski definition) is 1. The van der Waals surface area contributed by atoms with Crippen molar-refractivity contribution in [1.82, 2.24) is 15.1 Å². The van der Waals surface area contributed by atoms with Crippen LogP contribution in [-0.2, 0) is 17.7 Å². The number of hydrogen-bond acceptors (Lipinski definition) is 4. The van der Waals surface area contributed by atoms with Crippen molar-refractivity contribution in [2.75, 3.05) is 26.3 Å². The van der Waals surface area contributed by atoms with Crippen LogP contribution in [0.5, 0.6) is 5.75 Å². The lowest BCUT2D eigenvalue weighted by molar-refractivity contribution is -0.0350. The van der Waals surface area contributed by atoms with E-state index in [-0.39, 0.29) is 6.10 Å². The minimum Gasteiger partial charge on any atom is -0.493 e. The highest BCUT2D eigenvalue weighted by Crippen LogP contribution is 2.24. The fraction of sp³-hybridized carbons (Fsp3) is 0.318. The highest BCUT2D eigenvalue weighted by Gasteiger charge is 2.24. The molecule has 5 nitrogen and oxygen atoms in total. The molecule has 2 heterocycles. The number of halogens is 1. The van der Waals surface area contributed by atoms with Crippen molar-refractivity contribution in [3.05, 3.63) is 82.6 Å². The Morgan fingerprint density at radius 2 is 1.96 bits per heavy atom. The van der Waals surface area contributed by atoms with Gasteiger partial charge in [0.05, 0.1) is 18.9 Å². The quantitative estimate of drug-likeness (QED) is 0.647. The van der Waals surface area contributed by atoms with Crippen LogP contribution in [0.4, 0.5) is 0 Å². The maximum atomic E-state index is 6.31. The van der Waals surface area contributed by atoms with Crippen LogP contribution in [0.15, 0.2) is 60.7 Å². The van der Waals surface area contributed by atoms with E-state index in [0.717, 1.165) is 53.8 Å². The predicted octanol–water partition coefficient (Wildman–Crippen LogP) is 4.26. The molecular formula is C22H24ClN3O2. The number of morpholine rings is 1.